The third-order valence-electron chi connectivity index (χ3n) is 6.79. The second-order valence-electron chi connectivity index (χ2n) is 9.65. The minimum atomic E-state index is -0.657. The lowest BCUT2D eigenvalue weighted by atomic mass is 9.95. The minimum Gasteiger partial charge on any atom is -0.493 e. The molecule has 0 N–H and O–H groups in total. The Hall–Kier alpha value is -3.47. The van der Waals surface area contributed by atoms with Crippen LogP contribution in [0.15, 0.2) is 90.7 Å². The Morgan fingerprint density at radius 2 is 1.76 bits per heavy atom. The van der Waals surface area contributed by atoms with Crippen molar-refractivity contribution < 1.29 is 19.0 Å². The van der Waals surface area contributed by atoms with Gasteiger partial charge in [0.1, 0.15) is 6.61 Å². The number of methoxy groups -OCH3 is 1. The summed E-state index contributed by atoms with van der Waals surface area (Å²) in [6.07, 6.45) is 1.80. The first kappa shape index (κ1) is 30.0. The Bertz CT molecular complexity index is 1860. The number of aryl methyl sites for hydroxylation is 1. The maximum absolute atomic E-state index is 14.0. The molecule has 1 aliphatic heterocycles. The summed E-state index contributed by atoms with van der Waals surface area (Å²) in [7, 11) is 1.58. The van der Waals surface area contributed by atoms with E-state index in [0.29, 0.717) is 38.7 Å². The molecule has 5 rings (SSSR count). The number of hydrogen-bond acceptors (Lipinski definition) is 7. The van der Waals surface area contributed by atoms with Crippen LogP contribution in [-0.4, -0.2) is 24.3 Å². The summed E-state index contributed by atoms with van der Waals surface area (Å²) in [6, 6.07) is 18.7. The molecule has 0 aliphatic carbocycles. The van der Waals surface area contributed by atoms with Crippen molar-refractivity contribution in [2.24, 2.45) is 4.99 Å². The molecular weight excluding hydrogens is 684 g/mol. The Kier molecular flexibility index (Phi) is 9.15. The van der Waals surface area contributed by atoms with Crippen LogP contribution in [0.25, 0.3) is 6.08 Å². The van der Waals surface area contributed by atoms with Crippen LogP contribution < -0.4 is 24.4 Å². The van der Waals surface area contributed by atoms with Gasteiger partial charge in [-0.2, -0.15) is 0 Å². The molecule has 3 aromatic carbocycles. The minimum absolute atomic E-state index is 0.222. The number of hydrogen-bond donors (Lipinski definition) is 0. The van der Waals surface area contributed by atoms with E-state index >= 15 is 0 Å². The molecule has 10 heteroatoms. The average molecular weight is 712 g/mol. The van der Waals surface area contributed by atoms with Gasteiger partial charge in [0.05, 0.1) is 35.6 Å². The molecule has 0 saturated carbocycles. The third-order valence-corrected chi connectivity index (χ3v) is 8.99. The van der Waals surface area contributed by atoms with Crippen molar-refractivity contribution in [3.05, 3.63) is 123 Å². The van der Waals surface area contributed by atoms with E-state index in [0.717, 1.165) is 31.2 Å². The summed E-state index contributed by atoms with van der Waals surface area (Å²) >= 11 is 8.36. The number of thiazole rings is 1. The van der Waals surface area contributed by atoms with Crippen LogP contribution >= 0.6 is 43.2 Å². The van der Waals surface area contributed by atoms with Gasteiger partial charge in [0.15, 0.2) is 16.3 Å². The van der Waals surface area contributed by atoms with Gasteiger partial charge in [-0.05, 0) is 67.8 Å². The standard InChI is InChI=1S/C32H28Br2N2O5S/c1-5-40-31(38)28-19(3)35-32-36(29(28)21-10-6-18(2)7-11-21)30(37)27(42-32)15-22-14-25(39-4)26(16-24(22)34)41-17-20-8-12-23(33)13-9-20/h6-16,29H,5,17H2,1-4H3/b27-15+/t29-/m1/s1. The number of aromatic nitrogens is 1. The molecule has 42 heavy (non-hydrogen) atoms. The Morgan fingerprint density at radius 1 is 1.05 bits per heavy atom. The van der Waals surface area contributed by atoms with E-state index in [1.165, 1.54) is 11.3 Å². The fourth-order valence-electron chi connectivity index (χ4n) is 4.67. The number of carbonyl (C=O) groups is 1. The largest absolute Gasteiger partial charge is 0.493 e. The fourth-order valence-corrected chi connectivity index (χ4v) is 6.41. The van der Waals surface area contributed by atoms with Crippen LogP contribution in [0.1, 0.15) is 42.1 Å². The van der Waals surface area contributed by atoms with Gasteiger partial charge in [-0.15, -0.1) is 0 Å². The van der Waals surface area contributed by atoms with Gasteiger partial charge in [-0.25, -0.2) is 9.79 Å². The topological polar surface area (TPSA) is 79.1 Å². The molecule has 0 saturated heterocycles. The van der Waals surface area contributed by atoms with Gasteiger partial charge in [0.2, 0.25) is 0 Å². The van der Waals surface area contributed by atoms with Crippen LogP contribution in [0.2, 0.25) is 0 Å². The molecule has 0 spiro atoms. The molecule has 7 nitrogen and oxygen atoms in total. The van der Waals surface area contributed by atoms with Crippen LogP contribution in [0.5, 0.6) is 11.5 Å². The SMILES string of the molecule is CCOC(=O)C1=C(C)N=c2s/c(=C/c3cc(OC)c(OCc4ccc(Br)cc4)cc3Br)c(=O)n2[C@@H]1c1ccc(C)cc1. The van der Waals surface area contributed by atoms with E-state index in [1.54, 1.807) is 31.6 Å². The van der Waals surface area contributed by atoms with E-state index in [1.807, 2.05) is 67.6 Å². The highest BCUT2D eigenvalue weighted by Crippen LogP contribution is 2.35. The second-order valence-corrected chi connectivity index (χ2v) is 12.4. The van der Waals surface area contributed by atoms with Gasteiger partial charge in [-0.1, -0.05) is 85.2 Å². The number of carbonyl (C=O) groups excluding carboxylic acids is 1. The van der Waals surface area contributed by atoms with E-state index < -0.39 is 12.0 Å². The summed E-state index contributed by atoms with van der Waals surface area (Å²) in [4.78, 5) is 32.2. The van der Waals surface area contributed by atoms with Crippen LogP contribution in [0, 0.1) is 6.92 Å². The van der Waals surface area contributed by atoms with E-state index in [-0.39, 0.29) is 12.2 Å². The highest BCUT2D eigenvalue weighted by Gasteiger charge is 2.33. The lowest BCUT2D eigenvalue weighted by Crippen LogP contribution is -2.39. The van der Waals surface area contributed by atoms with Crippen molar-refractivity contribution in [3.8, 4) is 11.5 Å². The Morgan fingerprint density at radius 3 is 2.43 bits per heavy atom. The monoisotopic (exact) mass is 710 g/mol. The summed E-state index contributed by atoms with van der Waals surface area (Å²) in [5.41, 5.74) is 4.27. The van der Waals surface area contributed by atoms with E-state index in [9.17, 15) is 9.59 Å². The number of fused-ring (bicyclic) bond motifs is 1. The molecule has 1 atom stereocenters. The first-order valence-electron chi connectivity index (χ1n) is 13.2. The average Bonchev–Trinajstić information content (AvgIpc) is 3.27. The normalized spacial score (nSPS) is 14.8. The zero-order chi connectivity index (χ0) is 30.0. The molecule has 1 aromatic heterocycles. The van der Waals surface area contributed by atoms with Gasteiger partial charge >= 0.3 is 5.97 Å². The summed E-state index contributed by atoms with van der Waals surface area (Å²) in [5.74, 6) is 0.622. The van der Waals surface area contributed by atoms with Crippen LogP contribution in [0.4, 0.5) is 0 Å². The number of benzene rings is 3. The first-order chi connectivity index (χ1) is 20.2. The number of nitrogens with zero attached hydrogens (tertiary/aromatic N) is 2. The van der Waals surface area contributed by atoms with E-state index in [4.69, 9.17) is 14.2 Å². The zero-order valence-corrected chi connectivity index (χ0v) is 27.4. The molecular formula is C32H28Br2N2O5S. The predicted octanol–water partition coefficient (Wildman–Crippen LogP) is 6.22. The van der Waals surface area contributed by atoms with Crippen molar-refractivity contribution in [1.29, 1.82) is 0 Å². The molecule has 0 radical (unpaired) electrons. The number of rotatable bonds is 8. The molecule has 0 unspecified atom stereocenters. The molecule has 4 aromatic rings. The Labute approximate surface area is 264 Å². The molecule has 2 heterocycles. The smallest absolute Gasteiger partial charge is 0.338 e. The number of halogens is 2. The zero-order valence-electron chi connectivity index (χ0n) is 23.4. The van der Waals surface area contributed by atoms with Gasteiger partial charge in [0.25, 0.3) is 5.56 Å². The summed E-state index contributed by atoms with van der Waals surface area (Å²) < 4.78 is 20.9. The quantitative estimate of drug-likeness (QED) is 0.203. The third kappa shape index (κ3) is 6.16. The van der Waals surface area contributed by atoms with E-state index in [2.05, 4.69) is 36.9 Å². The second kappa shape index (κ2) is 12.8. The molecule has 1 aliphatic rings. The van der Waals surface area contributed by atoms with Gasteiger partial charge < -0.3 is 14.2 Å². The van der Waals surface area contributed by atoms with Gasteiger partial charge in [0, 0.05) is 8.95 Å². The maximum atomic E-state index is 14.0. The number of ether oxygens (including phenoxy) is 3. The summed E-state index contributed by atoms with van der Waals surface area (Å²) in [5, 5.41) is 0. The van der Waals surface area contributed by atoms with Gasteiger partial charge in [-0.3, -0.25) is 9.36 Å². The number of allylic oxidation sites excluding steroid dienone is 1. The van der Waals surface area contributed by atoms with Crippen molar-refractivity contribution in [3.63, 3.8) is 0 Å². The summed E-state index contributed by atoms with van der Waals surface area (Å²) in [6.45, 7) is 6.12. The predicted molar refractivity (Wildman–Crippen MR) is 171 cm³/mol. The van der Waals surface area contributed by atoms with Crippen molar-refractivity contribution >= 4 is 55.2 Å². The molecule has 0 fully saturated rings. The maximum Gasteiger partial charge on any atom is 0.338 e. The lowest BCUT2D eigenvalue weighted by Gasteiger charge is -2.24. The Balaban J connectivity index is 1.57. The lowest BCUT2D eigenvalue weighted by molar-refractivity contribution is -0.139. The molecule has 0 amide bonds. The van der Waals surface area contributed by atoms with Crippen molar-refractivity contribution in [1.82, 2.24) is 4.57 Å². The highest BCUT2D eigenvalue weighted by molar-refractivity contribution is 9.10. The highest BCUT2D eigenvalue weighted by atomic mass is 79.9. The van der Waals surface area contributed by atoms with Crippen molar-refractivity contribution in [2.45, 2.75) is 33.4 Å². The number of esters is 1. The van der Waals surface area contributed by atoms with Crippen LogP contribution in [0.3, 0.4) is 0 Å². The first-order valence-corrected chi connectivity index (χ1v) is 15.6. The molecule has 216 valence electrons. The van der Waals surface area contributed by atoms with Crippen molar-refractivity contribution in [2.75, 3.05) is 13.7 Å². The fraction of sp³-hybridized carbons (Fsp3) is 0.219. The van der Waals surface area contributed by atoms with Crippen LogP contribution in [-0.2, 0) is 16.1 Å². The molecule has 0 bridgehead atoms.